The maximum Gasteiger partial charge on any atom is 0.246 e. The lowest BCUT2D eigenvalue weighted by Gasteiger charge is -2.46. The van der Waals surface area contributed by atoms with Gasteiger partial charge in [0, 0.05) is 25.4 Å². The highest BCUT2D eigenvalue weighted by atomic mass is 16.6. The minimum Gasteiger partial charge on any atom is -0.508 e. The summed E-state index contributed by atoms with van der Waals surface area (Å²) in [4.78, 5) is 68.9. The predicted octanol–water partition coefficient (Wildman–Crippen LogP) is -7.67. The van der Waals surface area contributed by atoms with E-state index in [1.54, 1.807) is 37.3 Å². The van der Waals surface area contributed by atoms with Gasteiger partial charge in [0.1, 0.15) is 66.5 Å². The van der Waals surface area contributed by atoms with Gasteiger partial charge in [-0.25, -0.2) is 0 Å². The molecule has 3 fully saturated rings. The maximum absolute atomic E-state index is 14.5. The van der Waals surface area contributed by atoms with Gasteiger partial charge in [0.2, 0.25) is 29.9 Å². The summed E-state index contributed by atoms with van der Waals surface area (Å²) in [5.41, 5.74) is 7.52. The summed E-state index contributed by atoms with van der Waals surface area (Å²) in [7, 11) is 0. The zero-order valence-electron chi connectivity index (χ0n) is 34.9. The van der Waals surface area contributed by atoms with Crippen LogP contribution in [0.1, 0.15) is 24.0 Å². The maximum atomic E-state index is 14.5. The fraction of sp³-hybridized carbons (Fsp3) is 0.525. The van der Waals surface area contributed by atoms with E-state index in [0.29, 0.717) is 5.56 Å². The molecule has 25 nitrogen and oxygen atoms in total. The number of aromatic hydroxyl groups is 1. The zero-order valence-corrected chi connectivity index (χ0v) is 34.9. The molecule has 3 saturated heterocycles. The number of rotatable bonds is 20. The first-order valence-electron chi connectivity index (χ1n) is 20.5. The van der Waals surface area contributed by atoms with Gasteiger partial charge in [0.25, 0.3) is 0 Å². The Balaban J connectivity index is 1.48. The summed E-state index contributed by atoms with van der Waals surface area (Å²) in [6, 6.07) is 3.09. The van der Waals surface area contributed by atoms with Crippen LogP contribution in [0.15, 0.2) is 54.6 Å². The number of ether oxygens (including phenoxy) is 1. The predicted molar refractivity (Wildman–Crippen MR) is 225 cm³/mol. The molecule has 2 aromatic carbocycles. The number of carbonyl (C=O) groups excluding carboxylic acids is 5. The summed E-state index contributed by atoms with van der Waals surface area (Å²) in [5, 5.41) is 118. The van der Waals surface area contributed by atoms with Crippen LogP contribution in [0.3, 0.4) is 0 Å². The van der Waals surface area contributed by atoms with Gasteiger partial charge in [-0.3, -0.25) is 34.8 Å². The standard InChI is InChI=1S/C40H56N11O14/c1-17(19-5-3-2-4-6-19)26(41)35(62)47-22(11-18-7-9-21(55)10-8-18)34(61)49-27(29(56)23-12-44-39(42)48-23)37(64)50-28(36(63)46-20(14-52)15-53)30(57)24-13-45-40(43)51(24)38-33(60)32(59)31(58)25(16-54)65-38/h2-10,17,20,22-33,38,52,54-60H,11-14,16,41H2,1H3,(H2,43,45)(H,46,63)(H,47,62)(H,49,61)(H,50,64)(H3,42,44,48)/t17?,20-,22-,23?,24?,25?,26-,27-,28-,29?,30?,31?,32?,33?,38?/m0/s1. The summed E-state index contributed by atoms with van der Waals surface area (Å²) in [6.45, 7) is -0.678. The van der Waals surface area contributed by atoms with Crippen LogP contribution in [-0.2, 0) is 35.1 Å². The van der Waals surface area contributed by atoms with Crippen molar-refractivity contribution in [3.8, 4) is 5.75 Å². The van der Waals surface area contributed by atoms with E-state index in [0.717, 1.165) is 10.5 Å². The molecule has 5 rings (SSSR count). The average molecular weight is 915 g/mol. The third-order valence-electron chi connectivity index (χ3n) is 11.5. The van der Waals surface area contributed by atoms with Crippen molar-refractivity contribution in [3.63, 3.8) is 0 Å². The van der Waals surface area contributed by atoms with E-state index in [1.165, 1.54) is 30.6 Å². The van der Waals surface area contributed by atoms with Crippen LogP contribution in [0, 0.1) is 10.8 Å². The Morgan fingerprint density at radius 2 is 1.48 bits per heavy atom. The van der Waals surface area contributed by atoms with Crippen LogP contribution in [0.5, 0.6) is 5.75 Å². The highest BCUT2D eigenvalue weighted by molar-refractivity contribution is 5.96. The minimum absolute atomic E-state index is 0.0979. The lowest BCUT2D eigenvalue weighted by molar-refractivity contribution is -0.260. The zero-order chi connectivity index (χ0) is 47.7. The largest absolute Gasteiger partial charge is 0.508 e. The van der Waals surface area contributed by atoms with E-state index in [-0.39, 0.29) is 24.7 Å². The van der Waals surface area contributed by atoms with Crippen molar-refractivity contribution in [2.75, 3.05) is 26.3 Å². The molecule has 0 spiro atoms. The molecule has 3 heterocycles. The molecule has 10 unspecified atom stereocenters. The van der Waals surface area contributed by atoms with Gasteiger partial charge in [-0.05, 0) is 23.3 Å². The van der Waals surface area contributed by atoms with Gasteiger partial charge in [-0.15, -0.1) is 0 Å². The Kier molecular flexibility index (Phi) is 17.1. The van der Waals surface area contributed by atoms with Crippen LogP contribution in [0.25, 0.3) is 0 Å². The summed E-state index contributed by atoms with van der Waals surface area (Å²) in [6.07, 6.45) is -11.9. The Bertz CT molecular complexity index is 2000. The first-order valence-corrected chi connectivity index (χ1v) is 20.5. The van der Waals surface area contributed by atoms with Gasteiger partial charge >= 0.3 is 0 Å². The Morgan fingerprint density at radius 3 is 2.08 bits per heavy atom. The van der Waals surface area contributed by atoms with Crippen molar-refractivity contribution >= 4 is 41.8 Å². The molecule has 19 N–H and O–H groups in total. The second-order valence-corrected chi connectivity index (χ2v) is 15.9. The van der Waals surface area contributed by atoms with Crippen molar-refractivity contribution < 1.29 is 69.6 Å². The third kappa shape index (κ3) is 11.8. The number of benzene rings is 2. The topological polar surface area (TPSA) is 418 Å². The van der Waals surface area contributed by atoms with Crippen molar-refractivity contribution in [2.45, 2.75) is 104 Å². The number of hydrogen-bond acceptors (Lipinski definition) is 17. The van der Waals surface area contributed by atoms with Gasteiger partial charge in [-0.1, -0.05) is 49.4 Å². The minimum atomic E-state index is -2.19. The van der Waals surface area contributed by atoms with Crippen molar-refractivity contribution in [1.82, 2.24) is 42.1 Å². The summed E-state index contributed by atoms with van der Waals surface area (Å²) in [5.74, 6) is -5.96. The Labute approximate surface area is 371 Å². The molecule has 0 aromatic heterocycles. The molecule has 25 heteroatoms. The fourth-order valence-electron chi connectivity index (χ4n) is 7.65. The molecule has 355 valence electrons. The van der Waals surface area contributed by atoms with Crippen molar-refractivity contribution in [1.29, 1.82) is 10.8 Å². The molecule has 0 aliphatic carbocycles. The highest BCUT2D eigenvalue weighted by Crippen LogP contribution is 2.28. The number of nitrogens with one attached hydrogen (secondary N) is 9. The first-order chi connectivity index (χ1) is 30.9. The van der Waals surface area contributed by atoms with E-state index in [9.17, 15) is 64.8 Å². The van der Waals surface area contributed by atoms with Crippen molar-refractivity contribution in [2.24, 2.45) is 5.73 Å². The monoisotopic (exact) mass is 914 g/mol. The number of nitrogens with two attached hydrogens (primary N) is 1. The first kappa shape index (κ1) is 50.0. The molecule has 1 radical (unpaired) electrons. The smallest absolute Gasteiger partial charge is 0.246 e. The van der Waals surface area contributed by atoms with Crippen LogP contribution < -0.4 is 43.0 Å². The van der Waals surface area contributed by atoms with Gasteiger partial charge in [0.15, 0.2) is 18.1 Å². The molecular weight excluding hydrogens is 859 g/mol. The van der Waals surface area contributed by atoms with E-state index in [2.05, 4.69) is 37.2 Å². The molecular formula is C40H56N11O14. The van der Waals surface area contributed by atoms with Crippen LogP contribution in [-0.4, -0.2) is 199 Å². The average Bonchev–Trinajstić information content (AvgIpc) is 3.92. The second-order valence-electron chi connectivity index (χ2n) is 15.9. The fourth-order valence-corrected chi connectivity index (χ4v) is 7.65. The number of aliphatic hydroxyl groups is 7. The number of carbonyl (C=O) groups is 4. The van der Waals surface area contributed by atoms with E-state index >= 15 is 0 Å². The lowest BCUT2D eigenvalue weighted by atomic mass is 9.93. The van der Waals surface area contributed by atoms with E-state index in [1.807, 2.05) is 0 Å². The number of guanidine groups is 2. The molecule has 0 saturated carbocycles. The number of hydrogen-bond donors (Lipinski definition) is 18. The molecule has 0 bridgehead atoms. The van der Waals surface area contributed by atoms with Gasteiger partial charge in [-0.2, -0.15) is 0 Å². The summed E-state index contributed by atoms with van der Waals surface area (Å²) >= 11 is 0. The molecule has 3 aliphatic heterocycles. The molecule has 3 aliphatic rings. The summed E-state index contributed by atoms with van der Waals surface area (Å²) < 4.78 is 5.60. The number of nitrogens with zero attached hydrogens (tertiary/aromatic N) is 1. The number of amides is 4. The Morgan fingerprint density at radius 1 is 0.846 bits per heavy atom. The third-order valence-corrected chi connectivity index (χ3v) is 11.5. The van der Waals surface area contributed by atoms with Crippen molar-refractivity contribution in [3.05, 3.63) is 65.7 Å². The van der Waals surface area contributed by atoms with Crippen LogP contribution in [0.2, 0.25) is 0 Å². The molecule has 15 atom stereocenters. The van der Waals surface area contributed by atoms with Crippen LogP contribution >= 0.6 is 0 Å². The number of phenols is 1. The number of phenolic OH excluding ortho intramolecular Hbond substituents is 1. The second kappa shape index (κ2) is 22.2. The quantitative estimate of drug-likeness (QED) is 0.0586. The van der Waals surface area contributed by atoms with Crippen LogP contribution in [0.4, 0.5) is 0 Å². The Hall–Kier alpha value is -6.03. The molecule has 2 aromatic rings. The number of aliphatic hydroxyl groups excluding tert-OH is 7. The highest BCUT2D eigenvalue weighted by Gasteiger charge is 2.52. The lowest BCUT2D eigenvalue weighted by Crippen LogP contribution is -2.69. The van der Waals surface area contributed by atoms with Gasteiger partial charge < -0.3 is 93.4 Å². The van der Waals surface area contributed by atoms with E-state index < -0.39 is 140 Å². The van der Waals surface area contributed by atoms with E-state index in [4.69, 9.17) is 21.3 Å². The molecule has 65 heavy (non-hydrogen) atoms. The van der Waals surface area contributed by atoms with Gasteiger partial charge in [0.05, 0.1) is 31.3 Å². The molecule has 4 amide bonds. The SMILES string of the molecule is CC(c1ccccc1)[C@H](N)C(=O)N[C@@H](Cc1ccc(O)cc1)C(=O)N[C@H](C(=O)N[C@H](C(=O)N[C@H]([C]=O)CO)C(O)C1CNC(=N)N1C1OC(CO)C(O)C(O)C1O)C(O)C1CNC(=N)N1. The normalized spacial score (nSPS) is 26.7.